The first kappa shape index (κ1) is 26.9. The van der Waals surface area contributed by atoms with Crippen LogP contribution in [-0.2, 0) is 4.79 Å². The second kappa shape index (κ2) is 11.7. The number of carbonyl (C=O) groups is 1. The Morgan fingerprint density at radius 1 is 1.05 bits per heavy atom. The van der Waals surface area contributed by atoms with E-state index < -0.39 is 5.82 Å². The third-order valence-electron chi connectivity index (χ3n) is 7.99. The molecule has 4 heterocycles. The van der Waals surface area contributed by atoms with Gasteiger partial charge in [-0.2, -0.15) is 0 Å². The van der Waals surface area contributed by atoms with Gasteiger partial charge in [0.05, 0.1) is 40.3 Å². The highest BCUT2D eigenvalue weighted by Crippen LogP contribution is 2.32. The van der Waals surface area contributed by atoms with Gasteiger partial charge in [-0.1, -0.05) is 19.3 Å². The van der Waals surface area contributed by atoms with E-state index in [1.165, 1.54) is 12.3 Å². The molecule has 2 fully saturated rings. The van der Waals surface area contributed by atoms with Crippen LogP contribution in [0.25, 0.3) is 22.2 Å². The maximum absolute atomic E-state index is 15.4. The van der Waals surface area contributed by atoms with E-state index in [-0.39, 0.29) is 29.1 Å². The van der Waals surface area contributed by atoms with Crippen molar-refractivity contribution in [2.75, 3.05) is 28.6 Å². The fourth-order valence-corrected chi connectivity index (χ4v) is 5.81. The molecule has 4 aromatic rings. The number of rotatable bonds is 6. The minimum absolute atomic E-state index is 0.0329. The first-order chi connectivity index (χ1) is 19.9. The lowest BCUT2D eigenvalue weighted by Crippen LogP contribution is -2.38. The quantitative estimate of drug-likeness (QED) is 0.253. The maximum Gasteiger partial charge on any atom is 0.259 e. The highest BCUT2D eigenvalue weighted by molar-refractivity contribution is 5.95. The molecule has 1 saturated heterocycles. The lowest BCUT2D eigenvalue weighted by molar-refractivity contribution is -0.120. The molecule has 1 aliphatic carbocycles. The van der Waals surface area contributed by atoms with E-state index in [0.29, 0.717) is 40.3 Å². The van der Waals surface area contributed by atoms with E-state index in [0.717, 1.165) is 57.2 Å². The molecule has 41 heavy (non-hydrogen) atoms. The normalized spacial score (nSPS) is 17.9. The van der Waals surface area contributed by atoms with Crippen molar-refractivity contribution in [1.82, 2.24) is 15.0 Å². The lowest BCUT2D eigenvalue weighted by atomic mass is 9.88. The molecule has 1 atom stereocenters. The molecule has 2 aliphatic rings. The molecule has 212 valence electrons. The average Bonchev–Trinajstić information content (AvgIpc) is 2.98. The Bertz CT molecular complexity index is 1620. The summed E-state index contributed by atoms with van der Waals surface area (Å²) in [7, 11) is 0. The van der Waals surface area contributed by atoms with Crippen LogP contribution in [-0.4, -0.2) is 45.2 Å². The third kappa shape index (κ3) is 5.92. The number of H-pyrrole nitrogens is 1. The number of nitrogens with zero attached hydrogens (tertiary/aromatic N) is 3. The number of hydrogen-bond donors (Lipinski definition) is 4. The van der Waals surface area contributed by atoms with Gasteiger partial charge in [0, 0.05) is 36.5 Å². The number of piperidine rings is 1. The van der Waals surface area contributed by atoms with Gasteiger partial charge in [-0.15, -0.1) is 0 Å². The van der Waals surface area contributed by atoms with Crippen molar-refractivity contribution in [3.05, 3.63) is 71.0 Å². The Balaban J connectivity index is 1.27. The van der Waals surface area contributed by atoms with Crippen molar-refractivity contribution in [3.8, 4) is 11.3 Å². The van der Waals surface area contributed by atoms with Crippen LogP contribution in [0.5, 0.6) is 0 Å². The summed E-state index contributed by atoms with van der Waals surface area (Å²) in [6.45, 7) is 1.42. The second-order valence-electron chi connectivity index (χ2n) is 10.9. The van der Waals surface area contributed by atoms with Gasteiger partial charge < -0.3 is 25.6 Å². The van der Waals surface area contributed by atoms with E-state index in [4.69, 9.17) is 0 Å². The third-order valence-corrected chi connectivity index (χ3v) is 7.99. The molecule has 6 rings (SSSR count). The van der Waals surface area contributed by atoms with Crippen LogP contribution >= 0.6 is 0 Å². The topological polar surface area (TPSA) is 123 Å². The number of β-amino-alcohol motifs (C(OH)–C–C–N with tert-alkyl or cyclic N) is 1. The molecule has 0 bridgehead atoms. The van der Waals surface area contributed by atoms with Crippen LogP contribution in [0.1, 0.15) is 44.9 Å². The van der Waals surface area contributed by atoms with Crippen LogP contribution in [0.15, 0.2) is 59.7 Å². The van der Waals surface area contributed by atoms with Gasteiger partial charge in [0.2, 0.25) is 5.91 Å². The molecule has 0 unspecified atom stereocenters. The summed E-state index contributed by atoms with van der Waals surface area (Å²) in [6.07, 6.45) is 9.56. The first-order valence-corrected chi connectivity index (χ1v) is 14.2. The van der Waals surface area contributed by atoms with Crippen molar-refractivity contribution in [3.63, 3.8) is 0 Å². The number of pyridine rings is 3. The zero-order valence-corrected chi connectivity index (χ0v) is 22.7. The van der Waals surface area contributed by atoms with Gasteiger partial charge in [-0.3, -0.25) is 9.59 Å². The van der Waals surface area contributed by atoms with Crippen molar-refractivity contribution < 1.29 is 14.3 Å². The molecular formula is C31H33FN6O3. The number of fused-ring (bicyclic) bond motifs is 1. The Kier molecular flexibility index (Phi) is 7.65. The number of aliphatic hydroxyl groups excluding tert-OH is 1. The fraction of sp³-hybridized carbons (Fsp3) is 0.355. The summed E-state index contributed by atoms with van der Waals surface area (Å²) < 4.78 is 15.4. The monoisotopic (exact) mass is 556 g/mol. The van der Waals surface area contributed by atoms with E-state index >= 15 is 4.39 Å². The molecule has 4 N–H and O–H groups in total. The molecule has 3 aromatic heterocycles. The van der Waals surface area contributed by atoms with Crippen molar-refractivity contribution in [1.29, 1.82) is 0 Å². The standard InChI is InChI=1S/C31H33FN6O3/c32-24-15-20(35-30(40)19-5-2-1-3-6-19)8-10-23(24)26-16-27(29-25(36-26)12-13-33-31(29)41)37-28-11-9-21(17-34-28)38-14-4-7-22(39)18-38/h8-13,15-17,19,22,39H,1-7,14,18H2,(H,33,41)(H,35,40)(H,34,36,37)/t22-/m0/s1. The van der Waals surface area contributed by atoms with Crippen LogP contribution < -0.4 is 21.1 Å². The number of amides is 1. The molecule has 10 heteroatoms. The number of carbonyl (C=O) groups excluding carboxylic acids is 1. The van der Waals surface area contributed by atoms with Gasteiger partial charge in [-0.05, 0) is 68.1 Å². The number of aromatic amines is 1. The second-order valence-corrected chi connectivity index (χ2v) is 10.9. The van der Waals surface area contributed by atoms with Gasteiger partial charge in [-0.25, -0.2) is 14.4 Å². The van der Waals surface area contributed by atoms with Crippen molar-refractivity contribution in [2.45, 2.75) is 51.0 Å². The Labute approximate surface area is 236 Å². The number of aromatic nitrogens is 3. The fourth-order valence-electron chi connectivity index (χ4n) is 5.81. The summed E-state index contributed by atoms with van der Waals surface area (Å²) in [5, 5.41) is 16.4. The predicted octanol–water partition coefficient (Wildman–Crippen LogP) is 5.35. The van der Waals surface area contributed by atoms with Crippen molar-refractivity contribution >= 4 is 39.7 Å². The molecular weight excluding hydrogens is 523 g/mol. The lowest BCUT2D eigenvalue weighted by Gasteiger charge is -2.31. The van der Waals surface area contributed by atoms with Gasteiger partial charge in [0.15, 0.2) is 0 Å². The highest BCUT2D eigenvalue weighted by atomic mass is 19.1. The van der Waals surface area contributed by atoms with Gasteiger partial charge in [0.1, 0.15) is 11.6 Å². The molecule has 0 spiro atoms. The summed E-state index contributed by atoms with van der Waals surface area (Å²) in [4.78, 5) is 39.3. The zero-order chi connectivity index (χ0) is 28.3. The minimum atomic E-state index is -0.528. The highest BCUT2D eigenvalue weighted by Gasteiger charge is 2.22. The van der Waals surface area contributed by atoms with Crippen LogP contribution in [0.3, 0.4) is 0 Å². The summed E-state index contributed by atoms with van der Waals surface area (Å²) in [6, 6.07) is 11.6. The molecule has 9 nitrogen and oxygen atoms in total. The number of hydrogen-bond acceptors (Lipinski definition) is 7. The average molecular weight is 557 g/mol. The zero-order valence-electron chi connectivity index (χ0n) is 22.7. The molecule has 0 radical (unpaired) electrons. The van der Waals surface area contributed by atoms with E-state index in [1.807, 2.05) is 12.1 Å². The Morgan fingerprint density at radius 2 is 1.90 bits per heavy atom. The first-order valence-electron chi connectivity index (χ1n) is 14.2. The number of anilines is 4. The molecule has 1 saturated carbocycles. The largest absolute Gasteiger partial charge is 0.391 e. The Morgan fingerprint density at radius 3 is 2.66 bits per heavy atom. The summed E-state index contributed by atoms with van der Waals surface area (Å²) >= 11 is 0. The molecule has 1 amide bonds. The maximum atomic E-state index is 15.4. The number of aliphatic hydroxyl groups is 1. The van der Waals surface area contributed by atoms with E-state index in [1.54, 1.807) is 30.5 Å². The number of nitrogens with one attached hydrogen (secondary N) is 3. The summed E-state index contributed by atoms with van der Waals surface area (Å²) in [5.74, 6) is -0.120. The van der Waals surface area contributed by atoms with Gasteiger partial charge in [0.25, 0.3) is 5.56 Å². The van der Waals surface area contributed by atoms with Gasteiger partial charge >= 0.3 is 0 Å². The van der Waals surface area contributed by atoms with E-state index in [9.17, 15) is 14.7 Å². The number of halogens is 1. The smallest absolute Gasteiger partial charge is 0.259 e. The van der Waals surface area contributed by atoms with Crippen LogP contribution in [0.4, 0.5) is 27.3 Å². The molecule has 1 aliphatic heterocycles. The van der Waals surface area contributed by atoms with E-state index in [2.05, 4.69) is 30.5 Å². The summed E-state index contributed by atoms with van der Waals surface area (Å²) in [5.41, 5.74) is 2.42. The van der Waals surface area contributed by atoms with Crippen molar-refractivity contribution in [2.24, 2.45) is 5.92 Å². The Hall–Kier alpha value is -4.31. The predicted molar refractivity (Wildman–Crippen MR) is 158 cm³/mol. The SMILES string of the molecule is O=C(Nc1ccc(-c2cc(Nc3ccc(N4CCC[C@H](O)C4)cn3)c3c(=O)[nH]ccc3n2)c(F)c1)C1CCCCC1. The van der Waals surface area contributed by atoms with Crippen LogP contribution in [0, 0.1) is 11.7 Å². The number of benzene rings is 1. The van der Waals surface area contributed by atoms with Crippen LogP contribution in [0.2, 0.25) is 0 Å². The minimum Gasteiger partial charge on any atom is -0.391 e. The molecule has 1 aromatic carbocycles.